The number of hydrogen-bond donors (Lipinski definition) is 1. The molecule has 1 aliphatic heterocycles. The first-order valence-electron chi connectivity index (χ1n) is 5.92. The van der Waals surface area contributed by atoms with Crippen LogP contribution in [0.3, 0.4) is 0 Å². The van der Waals surface area contributed by atoms with Gasteiger partial charge in [-0.05, 0) is 25.0 Å². The Bertz CT molecular complexity index is 378. The Morgan fingerprint density at radius 2 is 2.31 bits per heavy atom. The van der Waals surface area contributed by atoms with Crippen LogP contribution in [0.25, 0.3) is 0 Å². The van der Waals surface area contributed by atoms with Crippen molar-refractivity contribution in [1.29, 1.82) is 0 Å². The number of rotatable bonds is 3. The minimum Gasteiger partial charge on any atom is -0.329 e. The van der Waals surface area contributed by atoms with Gasteiger partial charge in [-0.1, -0.05) is 19.1 Å². The fourth-order valence-corrected chi connectivity index (χ4v) is 2.49. The molecule has 1 aromatic rings. The fourth-order valence-electron chi connectivity index (χ4n) is 2.49. The lowest BCUT2D eigenvalue weighted by atomic mass is 10.0. The lowest BCUT2D eigenvalue weighted by Gasteiger charge is -2.29. The van der Waals surface area contributed by atoms with E-state index in [4.69, 9.17) is 5.73 Å². The Morgan fingerprint density at radius 1 is 1.56 bits per heavy atom. The van der Waals surface area contributed by atoms with Crippen LogP contribution in [-0.2, 0) is 6.54 Å². The van der Waals surface area contributed by atoms with Crippen molar-refractivity contribution in [3.05, 3.63) is 35.1 Å². The van der Waals surface area contributed by atoms with Gasteiger partial charge in [-0.15, -0.1) is 0 Å². The molecule has 2 unspecified atom stereocenters. The highest BCUT2D eigenvalue weighted by molar-refractivity contribution is 5.35. The summed E-state index contributed by atoms with van der Waals surface area (Å²) >= 11 is 0. The summed E-state index contributed by atoms with van der Waals surface area (Å²) in [5.41, 5.74) is 7.72. The van der Waals surface area contributed by atoms with Gasteiger partial charge in [0.05, 0.1) is 0 Å². The molecule has 0 aliphatic carbocycles. The molecule has 0 fully saturated rings. The van der Waals surface area contributed by atoms with Gasteiger partial charge < -0.3 is 5.73 Å². The molecule has 0 spiro atoms. The van der Waals surface area contributed by atoms with E-state index in [-0.39, 0.29) is 11.9 Å². The second kappa shape index (κ2) is 4.52. The molecule has 1 aromatic carbocycles. The Labute approximate surface area is 96.2 Å². The van der Waals surface area contributed by atoms with Gasteiger partial charge >= 0.3 is 0 Å². The van der Waals surface area contributed by atoms with Crippen LogP contribution in [0.1, 0.15) is 37.4 Å². The quantitative estimate of drug-likeness (QED) is 0.851. The molecule has 2 N–H and O–H groups in total. The smallest absolute Gasteiger partial charge is 0.128 e. The standard InChI is InChI=1S/C13H19FN2/c1-3-9(2)16-8-11-10(13(16)7-15)5-4-6-12(11)14/h4-6,9,13H,3,7-8,15H2,1-2H3. The third-order valence-corrected chi connectivity index (χ3v) is 3.64. The van der Waals surface area contributed by atoms with Crippen molar-refractivity contribution in [3.63, 3.8) is 0 Å². The number of nitrogens with two attached hydrogens (primary N) is 1. The van der Waals surface area contributed by atoms with Crippen LogP contribution in [0.5, 0.6) is 0 Å². The van der Waals surface area contributed by atoms with Crippen molar-refractivity contribution in [2.45, 2.75) is 38.9 Å². The van der Waals surface area contributed by atoms with Gasteiger partial charge in [0.1, 0.15) is 5.82 Å². The zero-order valence-corrected chi connectivity index (χ0v) is 9.91. The van der Waals surface area contributed by atoms with Gasteiger partial charge in [-0.3, -0.25) is 4.90 Å². The second-order valence-electron chi connectivity index (χ2n) is 4.49. The second-order valence-corrected chi connectivity index (χ2v) is 4.49. The summed E-state index contributed by atoms with van der Waals surface area (Å²) in [5, 5.41) is 0. The summed E-state index contributed by atoms with van der Waals surface area (Å²) in [6.07, 6.45) is 1.06. The number of hydrogen-bond acceptors (Lipinski definition) is 2. The maximum absolute atomic E-state index is 13.7. The van der Waals surface area contributed by atoms with Gasteiger partial charge in [0.25, 0.3) is 0 Å². The number of benzene rings is 1. The SMILES string of the molecule is CCC(C)N1Cc2c(F)cccc2C1CN. The van der Waals surface area contributed by atoms with E-state index in [9.17, 15) is 4.39 Å². The summed E-state index contributed by atoms with van der Waals surface area (Å²) in [7, 11) is 0. The minimum atomic E-state index is -0.0956. The first-order valence-corrected chi connectivity index (χ1v) is 5.92. The Balaban J connectivity index is 2.36. The molecule has 88 valence electrons. The largest absolute Gasteiger partial charge is 0.329 e. The lowest BCUT2D eigenvalue weighted by molar-refractivity contribution is 0.156. The van der Waals surface area contributed by atoms with Crippen molar-refractivity contribution in [1.82, 2.24) is 4.90 Å². The van der Waals surface area contributed by atoms with Crippen LogP contribution in [0, 0.1) is 5.82 Å². The van der Waals surface area contributed by atoms with Crippen LogP contribution < -0.4 is 5.73 Å². The molecular weight excluding hydrogens is 203 g/mol. The highest BCUT2D eigenvalue weighted by atomic mass is 19.1. The van der Waals surface area contributed by atoms with Crippen molar-refractivity contribution in [2.24, 2.45) is 5.73 Å². The monoisotopic (exact) mass is 222 g/mol. The summed E-state index contributed by atoms with van der Waals surface area (Å²) in [5.74, 6) is -0.0956. The zero-order valence-electron chi connectivity index (χ0n) is 9.91. The molecule has 0 saturated heterocycles. The van der Waals surface area contributed by atoms with Crippen LogP contribution >= 0.6 is 0 Å². The van der Waals surface area contributed by atoms with E-state index in [1.807, 2.05) is 6.07 Å². The fraction of sp³-hybridized carbons (Fsp3) is 0.538. The van der Waals surface area contributed by atoms with E-state index < -0.39 is 0 Å². The van der Waals surface area contributed by atoms with Crippen LogP contribution in [-0.4, -0.2) is 17.5 Å². The predicted octanol–water partition coefficient (Wildman–Crippen LogP) is 2.44. The Morgan fingerprint density at radius 3 is 2.94 bits per heavy atom. The van der Waals surface area contributed by atoms with Crippen LogP contribution in [0.2, 0.25) is 0 Å². The van der Waals surface area contributed by atoms with Crippen molar-refractivity contribution in [2.75, 3.05) is 6.54 Å². The molecule has 2 atom stereocenters. The molecule has 1 aliphatic rings. The molecule has 0 amide bonds. The molecular formula is C13H19FN2. The zero-order chi connectivity index (χ0) is 11.7. The maximum Gasteiger partial charge on any atom is 0.128 e. The first-order chi connectivity index (χ1) is 7.69. The van der Waals surface area contributed by atoms with Crippen molar-refractivity contribution < 1.29 is 4.39 Å². The molecule has 0 radical (unpaired) electrons. The topological polar surface area (TPSA) is 29.3 Å². The van der Waals surface area contributed by atoms with E-state index in [1.54, 1.807) is 6.07 Å². The van der Waals surface area contributed by atoms with Gasteiger partial charge in [0, 0.05) is 30.7 Å². The third kappa shape index (κ3) is 1.74. The molecule has 2 nitrogen and oxygen atoms in total. The first kappa shape index (κ1) is 11.6. The molecule has 0 aromatic heterocycles. The third-order valence-electron chi connectivity index (χ3n) is 3.64. The number of halogens is 1. The van der Waals surface area contributed by atoms with E-state index in [0.717, 1.165) is 17.5 Å². The van der Waals surface area contributed by atoms with Crippen molar-refractivity contribution in [3.8, 4) is 0 Å². The normalized spacial score (nSPS) is 22.1. The summed E-state index contributed by atoms with van der Waals surface area (Å²) in [6, 6.07) is 5.93. The predicted molar refractivity (Wildman–Crippen MR) is 63.5 cm³/mol. The van der Waals surface area contributed by atoms with E-state index in [1.165, 1.54) is 6.07 Å². The van der Waals surface area contributed by atoms with Crippen LogP contribution in [0.4, 0.5) is 4.39 Å². The molecule has 3 heteroatoms. The summed E-state index contributed by atoms with van der Waals surface area (Å²) in [4.78, 5) is 2.30. The molecule has 2 rings (SSSR count). The highest BCUT2D eigenvalue weighted by Gasteiger charge is 2.33. The lowest BCUT2D eigenvalue weighted by Crippen LogP contribution is -2.34. The molecule has 1 heterocycles. The summed E-state index contributed by atoms with van der Waals surface area (Å²) in [6.45, 7) is 5.57. The Hall–Kier alpha value is -0.930. The van der Waals surface area contributed by atoms with Gasteiger partial charge in [0.15, 0.2) is 0 Å². The van der Waals surface area contributed by atoms with E-state index in [2.05, 4.69) is 18.7 Å². The number of nitrogens with zero attached hydrogens (tertiary/aromatic N) is 1. The van der Waals surface area contributed by atoms with Gasteiger partial charge in [0.2, 0.25) is 0 Å². The van der Waals surface area contributed by atoms with Gasteiger partial charge in [-0.25, -0.2) is 4.39 Å². The van der Waals surface area contributed by atoms with E-state index in [0.29, 0.717) is 19.1 Å². The molecule has 0 saturated carbocycles. The Kier molecular flexibility index (Phi) is 3.26. The summed E-state index contributed by atoms with van der Waals surface area (Å²) < 4.78 is 13.7. The molecule has 16 heavy (non-hydrogen) atoms. The van der Waals surface area contributed by atoms with Gasteiger partial charge in [-0.2, -0.15) is 0 Å². The highest BCUT2D eigenvalue weighted by Crippen LogP contribution is 2.36. The average molecular weight is 222 g/mol. The maximum atomic E-state index is 13.7. The number of fused-ring (bicyclic) bond motifs is 1. The average Bonchev–Trinajstić information content (AvgIpc) is 2.68. The van der Waals surface area contributed by atoms with E-state index >= 15 is 0 Å². The molecule has 0 bridgehead atoms. The van der Waals surface area contributed by atoms with Crippen LogP contribution in [0.15, 0.2) is 18.2 Å². The van der Waals surface area contributed by atoms with Crippen molar-refractivity contribution >= 4 is 0 Å². The minimum absolute atomic E-state index is 0.0956.